The summed E-state index contributed by atoms with van der Waals surface area (Å²) in [5.74, 6) is 1.08. The van der Waals surface area contributed by atoms with E-state index in [1.165, 1.54) is 5.69 Å². The van der Waals surface area contributed by atoms with Crippen LogP contribution < -0.4 is 9.80 Å². The summed E-state index contributed by atoms with van der Waals surface area (Å²) < 4.78 is 9.62. The highest BCUT2D eigenvalue weighted by molar-refractivity contribution is 5.87. The number of ether oxygens (including phenoxy) is 1. The zero-order valence-corrected chi connectivity index (χ0v) is 22.4. The molecular formula is C28H34N8O2. The summed E-state index contributed by atoms with van der Waals surface area (Å²) in [7, 11) is 3.97. The van der Waals surface area contributed by atoms with Gasteiger partial charge in [-0.1, -0.05) is 6.92 Å². The zero-order chi connectivity index (χ0) is 26.4. The summed E-state index contributed by atoms with van der Waals surface area (Å²) in [6.45, 7) is 6.28. The van der Waals surface area contributed by atoms with Gasteiger partial charge in [0.2, 0.25) is 5.91 Å². The molecule has 0 unspecified atom stereocenters. The van der Waals surface area contributed by atoms with Crippen LogP contribution in [-0.2, 0) is 29.5 Å². The lowest BCUT2D eigenvalue weighted by Gasteiger charge is -2.37. The molecule has 0 N–H and O–H groups in total. The van der Waals surface area contributed by atoms with Crippen LogP contribution in [0.25, 0.3) is 11.1 Å². The second kappa shape index (κ2) is 9.80. The van der Waals surface area contributed by atoms with E-state index in [1.807, 2.05) is 31.1 Å². The van der Waals surface area contributed by atoms with Gasteiger partial charge in [-0.3, -0.25) is 14.2 Å². The quantitative estimate of drug-likeness (QED) is 0.527. The Morgan fingerprint density at radius 3 is 2.68 bits per heavy atom. The number of carbonyl (C=O) groups excluding carboxylic acids is 1. The number of fused-ring (bicyclic) bond motifs is 2. The van der Waals surface area contributed by atoms with E-state index in [0.717, 1.165) is 86.0 Å². The summed E-state index contributed by atoms with van der Waals surface area (Å²) in [6.07, 6.45) is 6.92. The zero-order valence-electron chi connectivity index (χ0n) is 22.4. The van der Waals surface area contributed by atoms with Gasteiger partial charge in [0.25, 0.3) is 0 Å². The first-order chi connectivity index (χ1) is 18.5. The Bertz CT molecular complexity index is 1410. The number of nitrogens with zero attached hydrogens (tertiary/aromatic N) is 8. The van der Waals surface area contributed by atoms with Gasteiger partial charge in [0.1, 0.15) is 0 Å². The molecule has 1 saturated heterocycles. The fourth-order valence-corrected chi connectivity index (χ4v) is 6.01. The molecule has 0 bridgehead atoms. The average Bonchev–Trinajstić information content (AvgIpc) is 3.56. The number of nitriles is 1. The van der Waals surface area contributed by atoms with E-state index in [1.54, 1.807) is 10.9 Å². The van der Waals surface area contributed by atoms with Crippen molar-refractivity contribution in [3.05, 3.63) is 41.3 Å². The van der Waals surface area contributed by atoms with Crippen LogP contribution >= 0.6 is 0 Å². The molecule has 1 fully saturated rings. The van der Waals surface area contributed by atoms with Gasteiger partial charge in [0.15, 0.2) is 5.82 Å². The fourth-order valence-electron chi connectivity index (χ4n) is 6.01. The first kappa shape index (κ1) is 24.5. The number of aryl methyl sites for hydroxylation is 1. The molecule has 1 aromatic carbocycles. The predicted molar refractivity (Wildman–Crippen MR) is 144 cm³/mol. The second-order valence-corrected chi connectivity index (χ2v) is 10.4. The van der Waals surface area contributed by atoms with Gasteiger partial charge in [-0.2, -0.15) is 15.5 Å². The first-order valence-corrected chi connectivity index (χ1v) is 13.5. The predicted octanol–water partition coefficient (Wildman–Crippen LogP) is 3.39. The van der Waals surface area contributed by atoms with Crippen molar-refractivity contribution in [2.75, 3.05) is 49.7 Å². The number of rotatable bonds is 4. The smallest absolute Gasteiger partial charge is 0.222 e. The van der Waals surface area contributed by atoms with E-state index in [2.05, 4.69) is 38.8 Å². The summed E-state index contributed by atoms with van der Waals surface area (Å²) in [5.41, 5.74) is 6.81. The van der Waals surface area contributed by atoms with Crippen molar-refractivity contribution in [3.63, 3.8) is 0 Å². The number of carbonyl (C=O) groups is 1. The monoisotopic (exact) mass is 514 g/mol. The maximum Gasteiger partial charge on any atom is 0.222 e. The van der Waals surface area contributed by atoms with Gasteiger partial charge in [0, 0.05) is 88.4 Å². The maximum absolute atomic E-state index is 12.7. The molecule has 0 atom stereocenters. The van der Waals surface area contributed by atoms with Gasteiger partial charge < -0.3 is 19.4 Å². The van der Waals surface area contributed by atoms with Crippen molar-refractivity contribution in [1.29, 1.82) is 5.26 Å². The number of benzene rings is 1. The van der Waals surface area contributed by atoms with Crippen molar-refractivity contribution in [3.8, 4) is 17.2 Å². The van der Waals surface area contributed by atoms with Crippen LogP contribution in [0.1, 0.15) is 49.0 Å². The third-order valence-electron chi connectivity index (χ3n) is 8.12. The molecule has 3 aromatic rings. The average molecular weight is 515 g/mol. The maximum atomic E-state index is 12.7. The summed E-state index contributed by atoms with van der Waals surface area (Å²) >= 11 is 0. The lowest BCUT2D eigenvalue weighted by Crippen LogP contribution is -2.39. The highest BCUT2D eigenvalue weighted by Gasteiger charge is 2.34. The lowest BCUT2D eigenvalue weighted by atomic mass is 9.98. The minimum Gasteiger partial charge on any atom is -0.381 e. The van der Waals surface area contributed by atoms with E-state index in [4.69, 9.17) is 9.84 Å². The molecule has 198 valence electrons. The Balaban J connectivity index is 1.48. The van der Waals surface area contributed by atoms with Crippen LogP contribution in [0.5, 0.6) is 0 Å². The van der Waals surface area contributed by atoms with Crippen LogP contribution in [0.4, 0.5) is 17.2 Å². The highest BCUT2D eigenvalue weighted by atomic mass is 16.5. The van der Waals surface area contributed by atoms with Gasteiger partial charge in [-0.15, -0.1) is 0 Å². The molecule has 0 aliphatic carbocycles. The molecule has 1 amide bonds. The van der Waals surface area contributed by atoms with E-state index in [0.29, 0.717) is 24.6 Å². The lowest BCUT2D eigenvalue weighted by molar-refractivity contribution is -0.131. The van der Waals surface area contributed by atoms with Crippen molar-refractivity contribution >= 4 is 23.1 Å². The molecule has 0 saturated carbocycles. The largest absolute Gasteiger partial charge is 0.381 e. The third-order valence-corrected chi connectivity index (χ3v) is 8.12. The van der Waals surface area contributed by atoms with Crippen LogP contribution in [0.15, 0.2) is 24.5 Å². The number of amides is 1. The van der Waals surface area contributed by atoms with E-state index < -0.39 is 0 Å². The molecule has 0 spiro atoms. The highest BCUT2D eigenvalue weighted by Crippen LogP contribution is 2.44. The van der Waals surface area contributed by atoms with E-state index in [9.17, 15) is 10.1 Å². The van der Waals surface area contributed by atoms with Crippen LogP contribution in [0.2, 0.25) is 0 Å². The second-order valence-electron chi connectivity index (χ2n) is 10.4. The van der Waals surface area contributed by atoms with Crippen molar-refractivity contribution in [2.45, 2.75) is 45.2 Å². The molecule has 10 heteroatoms. The molecule has 0 radical (unpaired) electrons. The molecule has 38 heavy (non-hydrogen) atoms. The number of anilines is 3. The number of hydrogen-bond donors (Lipinski definition) is 0. The van der Waals surface area contributed by atoms with E-state index in [-0.39, 0.29) is 5.91 Å². The molecule has 2 aromatic heterocycles. The third kappa shape index (κ3) is 4.11. The summed E-state index contributed by atoms with van der Waals surface area (Å²) in [6, 6.07) is 6.81. The van der Waals surface area contributed by atoms with Crippen LogP contribution in [0.3, 0.4) is 0 Å². The fraction of sp³-hybridized carbons (Fsp3) is 0.500. The van der Waals surface area contributed by atoms with E-state index >= 15 is 0 Å². The molecule has 6 rings (SSSR count). The molecule has 3 aliphatic heterocycles. The topological polar surface area (TPSA) is 95.5 Å². The molecule has 5 heterocycles. The number of hydrogen-bond acceptors (Lipinski definition) is 7. The Kier molecular flexibility index (Phi) is 6.32. The SMILES string of the molecule is CCC(=O)N1CCc2c(c(N3CCN(C)c4cc(-c5cnn(C)c5)c(C#N)cc43)nn2C2CCOCC2)C1. The molecule has 3 aliphatic rings. The molecular weight excluding hydrogens is 480 g/mol. The van der Waals surface area contributed by atoms with Gasteiger partial charge in [0.05, 0.1) is 41.8 Å². The number of likely N-dealkylation sites (N-methyl/N-ethyl adjacent to an activating group) is 1. The minimum atomic E-state index is 0.173. The summed E-state index contributed by atoms with van der Waals surface area (Å²) in [4.78, 5) is 19.2. The van der Waals surface area contributed by atoms with Gasteiger partial charge in [-0.25, -0.2) is 0 Å². The first-order valence-electron chi connectivity index (χ1n) is 13.5. The van der Waals surface area contributed by atoms with Crippen molar-refractivity contribution in [2.24, 2.45) is 7.05 Å². The van der Waals surface area contributed by atoms with Crippen LogP contribution in [-0.4, -0.2) is 70.3 Å². The van der Waals surface area contributed by atoms with Crippen molar-refractivity contribution < 1.29 is 9.53 Å². The Labute approximate surface area is 223 Å². The Morgan fingerprint density at radius 2 is 1.97 bits per heavy atom. The van der Waals surface area contributed by atoms with Gasteiger partial charge in [-0.05, 0) is 25.0 Å². The number of aromatic nitrogens is 4. The minimum absolute atomic E-state index is 0.173. The Morgan fingerprint density at radius 1 is 1.16 bits per heavy atom. The standard InChI is InChI=1S/C28H34N8O2/c1-4-27(37)34-8-5-24-23(18-34)28(31-36(24)21-6-11-38-12-7-21)35-10-9-32(2)25-14-22(19(15-29)13-26(25)35)20-16-30-33(3)17-20/h13-14,16-17,21H,4-12,18H2,1-3H3. The molecule has 10 nitrogen and oxygen atoms in total. The normalized spacial score (nSPS) is 17.8. The Hall–Kier alpha value is -3.84. The van der Waals surface area contributed by atoms with Crippen LogP contribution in [0, 0.1) is 11.3 Å². The van der Waals surface area contributed by atoms with Crippen molar-refractivity contribution in [1.82, 2.24) is 24.5 Å². The van der Waals surface area contributed by atoms with Gasteiger partial charge >= 0.3 is 0 Å². The summed E-state index contributed by atoms with van der Waals surface area (Å²) in [5, 5.41) is 19.7.